The maximum atomic E-state index is 13.0. The van der Waals surface area contributed by atoms with E-state index in [1.54, 1.807) is 0 Å². The molecule has 0 aromatic carbocycles. The summed E-state index contributed by atoms with van der Waals surface area (Å²) in [6, 6.07) is 0. The number of ether oxygens (including phenoxy) is 4. The van der Waals surface area contributed by atoms with E-state index >= 15 is 0 Å². The molecule has 0 aliphatic carbocycles. The van der Waals surface area contributed by atoms with Crippen LogP contribution in [0.1, 0.15) is 318 Å². The number of esters is 4. The first kappa shape index (κ1) is 81.1. The van der Waals surface area contributed by atoms with Crippen LogP contribution in [-0.4, -0.2) is 96.7 Å². The third kappa shape index (κ3) is 57.6. The van der Waals surface area contributed by atoms with Crippen LogP contribution in [0.2, 0.25) is 0 Å². The van der Waals surface area contributed by atoms with Crippen molar-refractivity contribution < 1.29 is 80.2 Å². The molecule has 0 saturated heterocycles. The summed E-state index contributed by atoms with van der Waals surface area (Å²) in [6.07, 6.45) is 38.9. The summed E-state index contributed by atoms with van der Waals surface area (Å²) < 4.78 is 67.9. The van der Waals surface area contributed by atoms with Crippen LogP contribution in [0.5, 0.6) is 0 Å². The molecule has 19 heteroatoms. The van der Waals surface area contributed by atoms with Gasteiger partial charge in [0.2, 0.25) is 0 Å². The van der Waals surface area contributed by atoms with E-state index in [2.05, 4.69) is 41.5 Å². The second-order valence-electron chi connectivity index (χ2n) is 23.9. The number of hydrogen-bond donors (Lipinski definition) is 3. The normalized spacial score (nSPS) is 14.6. The van der Waals surface area contributed by atoms with Crippen molar-refractivity contribution in [3.8, 4) is 0 Å². The average Bonchev–Trinajstić information content (AvgIpc) is 3.46. The number of phosphoric ester groups is 2. The average molecular weight is 1230 g/mol. The van der Waals surface area contributed by atoms with E-state index in [0.29, 0.717) is 25.7 Å². The second-order valence-corrected chi connectivity index (χ2v) is 26.8. The number of phosphoric acid groups is 2. The molecule has 3 unspecified atom stereocenters. The lowest BCUT2D eigenvalue weighted by Crippen LogP contribution is -2.30. The number of rotatable bonds is 63. The first-order valence-corrected chi connectivity index (χ1v) is 36.5. The second kappa shape index (κ2) is 56.6. The lowest BCUT2D eigenvalue weighted by Gasteiger charge is -2.21. The summed E-state index contributed by atoms with van der Waals surface area (Å²) in [5.74, 6) is -0.606. The third-order valence-corrected chi connectivity index (χ3v) is 17.0. The van der Waals surface area contributed by atoms with E-state index in [9.17, 15) is 43.2 Å². The monoisotopic (exact) mass is 1230 g/mol. The first-order chi connectivity index (χ1) is 39.9. The van der Waals surface area contributed by atoms with Crippen LogP contribution in [0.15, 0.2) is 0 Å². The van der Waals surface area contributed by atoms with Gasteiger partial charge in [0.25, 0.3) is 0 Å². The predicted octanol–water partition coefficient (Wildman–Crippen LogP) is 17.7. The van der Waals surface area contributed by atoms with E-state index in [0.717, 1.165) is 108 Å². The maximum absolute atomic E-state index is 13.0. The van der Waals surface area contributed by atoms with E-state index < -0.39 is 97.5 Å². The van der Waals surface area contributed by atoms with Crippen molar-refractivity contribution in [1.82, 2.24) is 0 Å². The fourth-order valence-corrected chi connectivity index (χ4v) is 11.1. The minimum absolute atomic E-state index is 0.105. The molecule has 0 saturated carbocycles. The zero-order chi connectivity index (χ0) is 61.5. The van der Waals surface area contributed by atoms with Crippen LogP contribution < -0.4 is 0 Å². The molecule has 0 amide bonds. The highest BCUT2D eigenvalue weighted by Gasteiger charge is 2.30. The number of carbonyl (C=O) groups is 4. The molecule has 0 fully saturated rings. The summed E-state index contributed by atoms with van der Waals surface area (Å²) in [6.45, 7) is 9.46. The van der Waals surface area contributed by atoms with Crippen LogP contribution >= 0.6 is 15.6 Å². The quantitative estimate of drug-likeness (QED) is 0.0222. The van der Waals surface area contributed by atoms with Crippen LogP contribution in [0.4, 0.5) is 0 Å². The van der Waals surface area contributed by atoms with Gasteiger partial charge in [-0.2, -0.15) is 0 Å². The van der Waals surface area contributed by atoms with E-state index in [-0.39, 0.29) is 25.7 Å². The molecule has 0 aliphatic rings. The van der Waals surface area contributed by atoms with E-state index in [1.165, 1.54) is 128 Å². The first-order valence-electron chi connectivity index (χ1n) is 33.5. The molecule has 0 aromatic heterocycles. The predicted molar refractivity (Wildman–Crippen MR) is 331 cm³/mol. The van der Waals surface area contributed by atoms with Gasteiger partial charge in [0.15, 0.2) is 12.2 Å². The van der Waals surface area contributed by atoms with E-state index in [1.807, 2.05) is 0 Å². The molecular formula is C64H124O17P2. The molecule has 0 aliphatic heterocycles. The van der Waals surface area contributed by atoms with Gasteiger partial charge >= 0.3 is 39.5 Å². The fourth-order valence-electron chi connectivity index (χ4n) is 9.50. The summed E-state index contributed by atoms with van der Waals surface area (Å²) in [4.78, 5) is 72.1. The van der Waals surface area contributed by atoms with Crippen LogP contribution in [0, 0.1) is 11.8 Å². The Labute approximate surface area is 505 Å². The van der Waals surface area contributed by atoms with Gasteiger partial charge in [0.1, 0.15) is 19.3 Å². The van der Waals surface area contributed by atoms with Crippen LogP contribution in [0.3, 0.4) is 0 Å². The summed E-state index contributed by atoms with van der Waals surface area (Å²) in [7, 11) is -9.88. The topological polar surface area (TPSA) is 237 Å². The van der Waals surface area contributed by atoms with Gasteiger partial charge in [0.05, 0.1) is 26.4 Å². The van der Waals surface area contributed by atoms with E-state index in [4.69, 9.17) is 37.0 Å². The lowest BCUT2D eigenvalue weighted by atomic mass is 9.99. The molecule has 0 spiro atoms. The molecule has 0 heterocycles. The minimum atomic E-state index is -4.94. The number of carbonyl (C=O) groups excluding carboxylic acids is 4. The molecule has 0 rings (SSSR count). The van der Waals surface area contributed by atoms with Crippen LogP contribution in [0.25, 0.3) is 0 Å². The highest BCUT2D eigenvalue weighted by atomic mass is 31.2. The van der Waals surface area contributed by atoms with Crippen molar-refractivity contribution in [3.63, 3.8) is 0 Å². The molecular weight excluding hydrogens is 1100 g/mol. The smallest absolute Gasteiger partial charge is 0.462 e. The van der Waals surface area contributed by atoms with Crippen LogP contribution in [-0.2, 0) is 65.4 Å². The zero-order valence-corrected chi connectivity index (χ0v) is 55.3. The van der Waals surface area contributed by atoms with Crippen molar-refractivity contribution in [1.29, 1.82) is 0 Å². The molecule has 0 radical (unpaired) electrons. The van der Waals surface area contributed by atoms with Gasteiger partial charge in [-0.3, -0.25) is 37.3 Å². The molecule has 3 N–H and O–H groups in total. The summed E-state index contributed by atoms with van der Waals surface area (Å²) in [5, 5.41) is 10.5. The number of hydrogen-bond acceptors (Lipinski definition) is 15. The molecule has 0 bridgehead atoms. The molecule has 6 atom stereocenters. The highest BCUT2D eigenvalue weighted by Crippen LogP contribution is 2.45. The molecule has 83 heavy (non-hydrogen) atoms. The maximum Gasteiger partial charge on any atom is 0.472 e. The molecule has 17 nitrogen and oxygen atoms in total. The van der Waals surface area contributed by atoms with Crippen molar-refractivity contribution in [2.24, 2.45) is 11.8 Å². The Balaban J connectivity index is 5.24. The van der Waals surface area contributed by atoms with Crippen molar-refractivity contribution in [2.75, 3.05) is 39.6 Å². The Morgan fingerprint density at radius 3 is 0.916 bits per heavy atom. The zero-order valence-electron chi connectivity index (χ0n) is 53.5. The van der Waals surface area contributed by atoms with Gasteiger partial charge in [-0.05, 0) is 37.5 Å². The Bertz CT molecular complexity index is 1630. The highest BCUT2D eigenvalue weighted by molar-refractivity contribution is 7.47. The Morgan fingerprint density at radius 1 is 0.349 bits per heavy atom. The van der Waals surface area contributed by atoms with Gasteiger partial charge in [0, 0.05) is 25.7 Å². The van der Waals surface area contributed by atoms with Gasteiger partial charge in [-0.1, -0.05) is 266 Å². The van der Waals surface area contributed by atoms with Gasteiger partial charge < -0.3 is 33.8 Å². The Kier molecular flexibility index (Phi) is 55.2. The SMILES string of the molecule is CCCCCCCCCCCCC(=O)O[C@H](COC(=O)CCCCCCCCCC)COP(=O)(O)OC[C@H](O)COP(=O)(O)OC[C@@H](COC(=O)CCCCCCCCCCC(C)CC)OC(=O)CCCCCCCCCCCCC(C)C. The van der Waals surface area contributed by atoms with Gasteiger partial charge in [-0.25, -0.2) is 9.13 Å². The summed E-state index contributed by atoms with van der Waals surface area (Å²) >= 11 is 0. The largest absolute Gasteiger partial charge is 0.472 e. The number of aliphatic hydroxyl groups is 1. The van der Waals surface area contributed by atoms with Crippen molar-refractivity contribution in [2.45, 2.75) is 336 Å². The molecule has 0 aromatic rings. The van der Waals surface area contributed by atoms with Crippen molar-refractivity contribution >= 4 is 39.5 Å². The molecule has 492 valence electrons. The number of unbranched alkanes of at least 4 members (excludes halogenated alkanes) is 32. The Morgan fingerprint density at radius 2 is 0.614 bits per heavy atom. The van der Waals surface area contributed by atoms with Crippen molar-refractivity contribution in [3.05, 3.63) is 0 Å². The third-order valence-electron chi connectivity index (χ3n) is 15.1. The number of aliphatic hydroxyl groups excluding tert-OH is 1. The minimum Gasteiger partial charge on any atom is -0.462 e. The summed E-state index contributed by atoms with van der Waals surface area (Å²) in [5.41, 5.74) is 0. The lowest BCUT2D eigenvalue weighted by molar-refractivity contribution is -0.161. The standard InChI is InChI=1S/C64H124O17P2/c1-7-10-12-14-16-18-22-30-36-42-48-63(68)80-59(52-74-61(66)46-40-34-28-17-15-13-11-8-2)54-78-82(70,71)76-50-58(65)51-77-83(72,73)79-55-60(53-75-62(67)47-41-35-29-25-24-27-33-39-45-57(6)9-3)81-64(69)49-43-37-31-23-20-19-21-26-32-38-44-56(4)5/h56-60,65H,7-55H2,1-6H3,(H,70,71)(H,72,73)/t57?,58-,59+,60+/m0/s1. The Hall–Kier alpha value is -1.94. The fraction of sp³-hybridized carbons (Fsp3) is 0.938. The van der Waals surface area contributed by atoms with Gasteiger partial charge in [-0.15, -0.1) is 0 Å².